The second-order valence-electron chi connectivity index (χ2n) is 6.49. The molecule has 0 fully saturated rings. The van der Waals surface area contributed by atoms with Crippen molar-refractivity contribution in [2.45, 2.75) is 31.7 Å². The molecular formula is C18H22N4OS. The van der Waals surface area contributed by atoms with Crippen molar-refractivity contribution in [3.05, 3.63) is 40.9 Å². The zero-order valence-corrected chi connectivity index (χ0v) is 14.9. The molecule has 3 heterocycles. The molecule has 1 aliphatic rings. The van der Waals surface area contributed by atoms with Crippen molar-refractivity contribution < 1.29 is 4.42 Å². The van der Waals surface area contributed by atoms with Crippen molar-refractivity contribution in [2.24, 2.45) is 0 Å². The van der Waals surface area contributed by atoms with Crippen molar-refractivity contribution in [2.75, 3.05) is 26.0 Å². The summed E-state index contributed by atoms with van der Waals surface area (Å²) in [7, 11) is 4.13. The Balaban J connectivity index is 1.63. The molecule has 0 amide bonds. The predicted molar refractivity (Wildman–Crippen MR) is 97.7 cm³/mol. The standard InChI is InChI=1S/C18H22N4OS/c1-22(2)13(14-7-5-9-23-14)10-19-17-16-12-6-3-4-8-15(12)24-18(16)21-11-20-17/h5,7,9,11,13H,3-4,6,8,10H2,1-2H3,(H,19,20,21)/t13-/m1/s1. The molecule has 3 aromatic heterocycles. The number of fused-ring (bicyclic) bond motifs is 3. The van der Waals surface area contributed by atoms with Gasteiger partial charge in [0.25, 0.3) is 0 Å². The minimum Gasteiger partial charge on any atom is -0.468 e. The molecule has 0 unspecified atom stereocenters. The summed E-state index contributed by atoms with van der Waals surface area (Å²) in [5, 5.41) is 4.78. The van der Waals surface area contributed by atoms with E-state index in [4.69, 9.17) is 4.42 Å². The highest BCUT2D eigenvalue weighted by molar-refractivity contribution is 7.19. The Morgan fingerprint density at radius 1 is 1.29 bits per heavy atom. The second kappa shape index (κ2) is 6.53. The summed E-state index contributed by atoms with van der Waals surface area (Å²) in [4.78, 5) is 13.8. The minimum atomic E-state index is 0.166. The molecule has 4 rings (SSSR count). The van der Waals surface area contributed by atoms with E-state index < -0.39 is 0 Å². The molecular weight excluding hydrogens is 320 g/mol. The van der Waals surface area contributed by atoms with Crippen molar-refractivity contribution in [1.82, 2.24) is 14.9 Å². The quantitative estimate of drug-likeness (QED) is 0.762. The molecule has 0 saturated carbocycles. The summed E-state index contributed by atoms with van der Waals surface area (Å²) in [5.74, 6) is 1.92. The molecule has 0 bridgehead atoms. The fraction of sp³-hybridized carbons (Fsp3) is 0.444. The third-order valence-corrected chi connectivity index (χ3v) is 5.91. The van der Waals surface area contributed by atoms with Gasteiger partial charge in [-0.1, -0.05) is 0 Å². The topological polar surface area (TPSA) is 54.2 Å². The van der Waals surface area contributed by atoms with Gasteiger partial charge in [0.15, 0.2) is 0 Å². The van der Waals surface area contributed by atoms with Crippen molar-refractivity contribution >= 4 is 27.4 Å². The predicted octanol–water partition coefficient (Wildman–Crippen LogP) is 3.88. The van der Waals surface area contributed by atoms with E-state index in [2.05, 4.69) is 34.3 Å². The number of furan rings is 1. The van der Waals surface area contributed by atoms with Gasteiger partial charge in [-0.25, -0.2) is 9.97 Å². The fourth-order valence-corrected chi connectivity index (χ4v) is 4.67. The monoisotopic (exact) mass is 342 g/mol. The Morgan fingerprint density at radius 2 is 2.17 bits per heavy atom. The first-order valence-electron chi connectivity index (χ1n) is 8.43. The molecule has 6 heteroatoms. The average Bonchev–Trinajstić information content (AvgIpc) is 3.22. The van der Waals surface area contributed by atoms with E-state index >= 15 is 0 Å². The minimum absolute atomic E-state index is 0.166. The smallest absolute Gasteiger partial charge is 0.138 e. The molecule has 0 aromatic carbocycles. The third kappa shape index (κ3) is 2.80. The van der Waals surface area contributed by atoms with Gasteiger partial charge >= 0.3 is 0 Å². The normalized spacial score (nSPS) is 15.6. The van der Waals surface area contributed by atoms with Crippen LogP contribution in [0.5, 0.6) is 0 Å². The van der Waals surface area contributed by atoms with Gasteiger partial charge < -0.3 is 9.73 Å². The van der Waals surface area contributed by atoms with Crippen LogP contribution < -0.4 is 5.32 Å². The van der Waals surface area contributed by atoms with Crippen molar-refractivity contribution in [3.8, 4) is 0 Å². The van der Waals surface area contributed by atoms with E-state index in [0.29, 0.717) is 0 Å². The zero-order chi connectivity index (χ0) is 16.5. The Labute approximate surface area is 145 Å². The lowest BCUT2D eigenvalue weighted by molar-refractivity contribution is 0.269. The number of anilines is 1. The third-order valence-electron chi connectivity index (χ3n) is 4.71. The SMILES string of the molecule is CN(C)[C@H](CNc1ncnc2sc3c(c12)CCCC3)c1ccco1. The van der Waals surface area contributed by atoms with Crippen molar-refractivity contribution in [1.29, 1.82) is 0 Å². The zero-order valence-electron chi connectivity index (χ0n) is 14.1. The summed E-state index contributed by atoms with van der Waals surface area (Å²) in [6.45, 7) is 0.747. The lowest BCUT2D eigenvalue weighted by atomic mass is 9.97. The fourth-order valence-electron chi connectivity index (χ4n) is 3.44. The van der Waals surface area contributed by atoms with Crippen molar-refractivity contribution in [3.63, 3.8) is 0 Å². The molecule has 0 aliphatic heterocycles. The van der Waals surface area contributed by atoms with E-state index in [1.54, 1.807) is 12.6 Å². The largest absolute Gasteiger partial charge is 0.468 e. The molecule has 0 radical (unpaired) electrons. The molecule has 3 aromatic rings. The summed E-state index contributed by atoms with van der Waals surface area (Å²) in [6, 6.07) is 4.12. The molecule has 1 aliphatic carbocycles. The van der Waals surface area contributed by atoms with Gasteiger partial charge in [0.2, 0.25) is 0 Å². The van der Waals surface area contributed by atoms with Crippen LogP contribution in [0.25, 0.3) is 10.2 Å². The van der Waals surface area contributed by atoms with E-state index in [-0.39, 0.29) is 6.04 Å². The van der Waals surface area contributed by atoms with Crippen LogP contribution in [0, 0.1) is 0 Å². The van der Waals surface area contributed by atoms with Crippen LogP contribution in [0.4, 0.5) is 5.82 Å². The van der Waals surface area contributed by atoms with Crippen LogP contribution in [0.2, 0.25) is 0 Å². The molecule has 24 heavy (non-hydrogen) atoms. The van der Waals surface area contributed by atoms with Crippen LogP contribution in [-0.2, 0) is 12.8 Å². The maximum atomic E-state index is 5.60. The van der Waals surface area contributed by atoms with Gasteiger partial charge in [-0.2, -0.15) is 0 Å². The first-order valence-corrected chi connectivity index (χ1v) is 9.24. The van der Waals surface area contributed by atoms with Gasteiger partial charge in [-0.3, -0.25) is 4.90 Å². The Morgan fingerprint density at radius 3 is 2.96 bits per heavy atom. The van der Waals surface area contributed by atoms with Gasteiger partial charge in [0, 0.05) is 11.4 Å². The van der Waals surface area contributed by atoms with E-state index in [1.165, 1.54) is 35.1 Å². The van der Waals surface area contributed by atoms with E-state index in [1.807, 2.05) is 23.5 Å². The Bertz CT molecular complexity index is 825. The number of likely N-dealkylation sites (N-methyl/N-ethyl adjacent to an activating group) is 1. The van der Waals surface area contributed by atoms with Gasteiger partial charge in [0.05, 0.1) is 17.7 Å². The molecule has 1 N–H and O–H groups in total. The van der Waals surface area contributed by atoms with E-state index in [0.717, 1.165) is 29.4 Å². The lowest BCUT2D eigenvalue weighted by Gasteiger charge is -2.23. The number of aromatic nitrogens is 2. The Hall–Kier alpha value is -1.92. The van der Waals surface area contributed by atoms with Crippen LogP contribution >= 0.6 is 11.3 Å². The van der Waals surface area contributed by atoms with Gasteiger partial charge in [0.1, 0.15) is 22.7 Å². The maximum absolute atomic E-state index is 5.60. The lowest BCUT2D eigenvalue weighted by Crippen LogP contribution is -2.26. The number of rotatable bonds is 5. The van der Waals surface area contributed by atoms with Gasteiger partial charge in [-0.15, -0.1) is 11.3 Å². The highest BCUT2D eigenvalue weighted by Gasteiger charge is 2.21. The summed E-state index contributed by atoms with van der Waals surface area (Å²) in [6.07, 6.45) is 8.28. The molecule has 1 atom stereocenters. The van der Waals surface area contributed by atoms with Gasteiger partial charge in [-0.05, 0) is 57.5 Å². The number of nitrogens with zero attached hydrogens (tertiary/aromatic N) is 3. The summed E-state index contributed by atoms with van der Waals surface area (Å²) >= 11 is 1.83. The second-order valence-corrected chi connectivity index (χ2v) is 7.57. The summed E-state index contributed by atoms with van der Waals surface area (Å²) in [5.41, 5.74) is 1.46. The number of hydrogen-bond acceptors (Lipinski definition) is 6. The highest BCUT2D eigenvalue weighted by atomic mass is 32.1. The number of hydrogen-bond donors (Lipinski definition) is 1. The highest BCUT2D eigenvalue weighted by Crippen LogP contribution is 2.38. The molecule has 126 valence electrons. The molecule has 5 nitrogen and oxygen atoms in total. The summed E-state index contributed by atoms with van der Waals surface area (Å²) < 4.78 is 5.60. The first-order chi connectivity index (χ1) is 11.7. The van der Waals surface area contributed by atoms with E-state index in [9.17, 15) is 0 Å². The van der Waals surface area contributed by atoms with Crippen LogP contribution in [-0.4, -0.2) is 35.5 Å². The first kappa shape index (κ1) is 15.6. The number of aryl methyl sites for hydroxylation is 2. The molecule has 0 spiro atoms. The average molecular weight is 342 g/mol. The van der Waals surface area contributed by atoms with Crippen LogP contribution in [0.15, 0.2) is 29.1 Å². The maximum Gasteiger partial charge on any atom is 0.138 e. The van der Waals surface area contributed by atoms with Crippen LogP contribution in [0.1, 0.15) is 35.1 Å². The number of nitrogens with one attached hydrogen (secondary N) is 1. The Kier molecular flexibility index (Phi) is 4.24. The molecule has 0 saturated heterocycles. The van der Waals surface area contributed by atoms with Crippen LogP contribution in [0.3, 0.4) is 0 Å². The number of thiophene rings is 1.